The number of halogens is 1. The fourth-order valence-corrected chi connectivity index (χ4v) is 3.96. The Kier molecular flexibility index (Phi) is 6.74. The summed E-state index contributed by atoms with van der Waals surface area (Å²) in [5, 5.41) is 3.55. The first kappa shape index (κ1) is 19.7. The summed E-state index contributed by atoms with van der Waals surface area (Å²) < 4.78 is 16.5. The molecule has 0 radical (unpaired) electrons. The fourth-order valence-electron chi connectivity index (χ4n) is 2.89. The third-order valence-corrected chi connectivity index (χ3v) is 5.43. The molecule has 5 nitrogen and oxygen atoms in total. The van der Waals surface area contributed by atoms with Crippen LogP contribution in [0, 0.1) is 0 Å². The monoisotopic (exact) mass is 407 g/mol. The first-order chi connectivity index (χ1) is 13.1. The summed E-state index contributed by atoms with van der Waals surface area (Å²) in [5.74, 6) is 3.02. The fraction of sp³-hybridized carbons (Fsp3) is 0.350. The smallest absolute Gasteiger partial charge is 0.230 e. The van der Waals surface area contributed by atoms with E-state index in [-0.39, 0.29) is 11.9 Å². The number of benzene rings is 2. The van der Waals surface area contributed by atoms with Crippen LogP contribution in [0.1, 0.15) is 24.1 Å². The minimum absolute atomic E-state index is 0.0259. The van der Waals surface area contributed by atoms with Gasteiger partial charge in [-0.2, -0.15) is 0 Å². The number of fused-ring (bicyclic) bond motifs is 1. The van der Waals surface area contributed by atoms with Gasteiger partial charge in [0.05, 0.1) is 23.9 Å². The molecule has 0 fully saturated rings. The minimum atomic E-state index is -0.127. The number of hydrogen-bond donors (Lipinski definition) is 1. The molecule has 1 atom stereocenters. The van der Waals surface area contributed by atoms with E-state index in [0.717, 1.165) is 16.9 Å². The molecule has 0 unspecified atom stereocenters. The van der Waals surface area contributed by atoms with Gasteiger partial charge in [-0.25, -0.2) is 0 Å². The molecule has 27 heavy (non-hydrogen) atoms. The standard InChI is InChI=1S/C20H22ClNO4S/c1-13(15-5-3-4-6-17(15)24-2)22-19(23)12-27-11-14-9-16(21)20-18(10-14)25-7-8-26-20/h3-6,9-10,13H,7-8,11-12H2,1-2H3,(H,22,23)/t13-/m0/s1. The van der Waals surface area contributed by atoms with Crippen LogP contribution in [0.4, 0.5) is 0 Å². The quantitative estimate of drug-likeness (QED) is 0.744. The second-order valence-electron chi connectivity index (χ2n) is 6.13. The number of nitrogens with one attached hydrogen (secondary N) is 1. The molecule has 0 saturated heterocycles. The zero-order valence-electron chi connectivity index (χ0n) is 15.3. The van der Waals surface area contributed by atoms with Crippen molar-refractivity contribution in [1.29, 1.82) is 0 Å². The molecule has 0 aromatic heterocycles. The molecule has 1 amide bonds. The van der Waals surface area contributed by atoms with E-state index in [1.807, 2.05) is 43.3 Å². The van der Waals surface area contributed by atoms with Crippen LogP contribution in [0.2, 0.25) is 5.02 Å². The lowest BCUT2D eigenvalue weighted by Crippen LogP contribution is -2.28. The summed E-state index contributed by atoms with van der Waals surface area (Å²) in [6.07, 6.45) is 0. The summed E-state index contributed by atoms with van der Waals surface area (Å²) >= 11 is 7.77. The van der Waals surface area contributed by atoms with Crippen LogP contribution in [-0.4, -0.2) is 32.0 Å². The van der Waals surface area contributed by atoms with Gasteiger partial charge in [0, 0.05) is 11.3 Å². The maximum atomic E-state index is 12.3. The molecule has 0 aliphatic carbocycles. The lowest BCUT2D eigenvalue weighted by molar-refractivity contribution is -0.119. The molecular weight excluding hydrogens is 386 g/mol. The number of hydrogen-bond acceptors (Lipinski definition) is 5. The van der Waals surface area contributed by atoms with Gasteiger partial charge in [0.1, 0.15) is 19.0 Å². The van der Waals surface area contributed by atoms with E-state index in [4.69, 9.17) is 25.8 Å². The van der Waals surface area contributed by atoms with Gasteiger partial charge in [0.2, 0.25) is 5.91 Å². The van der Waals surface area contributed by atoms with Gasteiger partial charge in [0.25, 0.3) is 0 Å². The number of thioether (sulfide) groups is 1. The van der Waals surface area contributed by atoms with Crippen molar-refractivity contribution in [3.63, 3.8) is 0 Å². The van der Waals surface area contributed by atoms with Crippen molar-refractivity contribution in [2.75, 3.05) is 26.1 Å². The average Bonchev–Trinajstić information content (AvgIpc) is 2.68. The molecule has 1 heterocycles. The van der Waals surface area contributed by atoms with Crippen LogP contribution in [-0.2, 0) is 10.5 Å². The second kappa shape index (κ2) is 9.24. The maximum Gasteiger partial charge on any atom is 0.230 e. The van der Waals surface area contributed by atoms with Crippen LogP contribution in [0.15, 0.2) is 36.4 Å². The molecule has 144 valence electrons. The van der Waals surface area contributed by atoms with Crippen molar-refractivity contribution in [3.05, 3.63) is 52.5 Å². The molecular formula is C20H22ClNO4S. The molecule has 2 aromatic carbocycles. The van der Waals surface area contributed by atoms with E-state index in [0.29, 0.717) is 41.2 Å². The van der Waals surface area contributed by atoms with Crippen molar-refractivity contribution in [2.24, 2.45) is 0 Å². The van der Waals surface area contributed by atoms with Crippen molar-refractivity contribution < 1.29 is 19.0 Å². The highest BCUT2D eigenvalue weighted by atomic mass is 35.5. The average molecular weight is 408 g/mol. The first-order valence-electron chi connectivity index (χ1n) is 8.66. The molecule has 0 bridgehead atoms. The van der Waals surface area contributed by atoms with Crippen LogP contribution in [0.25, 0.3) is 0 Å². The van der Waals surface area contributed by atoms with Crippen molar-refractivity contribution >= 4 is 29.3 Å². The van der Waals surface area contributed by atoms with Crippen LogP contribution in [0.3, 0.4) is 0 Å². The number of ether oxygens (including phenoxy) is 3. The predicted octanol–water partition coefficient (Wildman–Crippen LogP) is 4.23. The third-order valence-electron chi connectivity index (χ3n) is 4.14. The predicted molar refractivity (Wildman–Crippen MR) is 108 cm³/mol. The molecule has 1 N–H and O–H groups in total. The van der Waals surface area contributed by atoms with Crippen LogP contribution < -0.4 is 19.5 Å². The Morgan fingerprint density at radius 1 is 1.30 bits per heavy atom. The van der Waals surface area contributed by atoms with E-state index < -0.39 is 0 Å². The maximum absolute atomic E-state index is 12.3. The second-order valence-corrected chi connectivity index (χ2v) is 7.52. The molecule has 7 heteroatoms. The number of carbonyl (C=O) groups excluding carboxylic acids is 1. The molecule has 3 rings (SSSR count). The van der Waals surface area contributed by atoms with Gasteiger partial charge < -0.3 is 19.5 Å². The Hall–Kier alpha value is -2.05. The van der Waals surface area contributed by atoms with Gasteiger partial charge in [-0.3, -0.25) is 4.79 Å². The molecule has 1 aliphatic rings. The van der Waals surface area contributed by atoms with E-state index in [9.17, 15) is 4.79 Å². The van der Waals surface area contributed by atoms with E-state index in [2.05, 4.69) is 5.32 Å². The van der Waals surface area contributed by atoms with Crippen LogP contribution in [0.5, 0.6) is 17.2 Å². The number of methoxy groups -OCH3 is 1. The van der Waals surface area contributed by atoms with Gasteiger partial charge in [0.15, 0.2) is 11.5 Å². The van der Waals surface area contributed by atoms with Crippen LogP contribution >= 0.6 is 23.4 Å². The van der Waals surface area contributed by atoms with Crippen molar-refractivity contribution in [2.45, 2.75) is 18.7 Å². The Labute approximate surface area is 168 Å². The van der Waals surface area contributed by atoms with E-state index in [1.165, 1.54) is 11.8 Å². The summed E-state index contributed by atoms with van der Waals surface area (Å²) in [5.41, 5.74) is 1.96. The zero-order valence-corrected chi connectivity index (χ0v) is 16.9. The highest BCUT2D eigenvalue weighted by molar-refractivity contribution is 7.99. The Balaban J connectivity index is 1.52. The minimum Gasteiger partial charge on any atom is -0.496 e. The van der Waals surface area contributed by atoms with Crippen molar-refractivity contribution in [1.82, 2.24) is 5.32 Å². The molecule has 2 aromatic rings. The molecule has 0 spiro atoms. The highest BCUT2D eigenvalue weighted by Gasteiger charge is 2.17. The Morgan fingerprint density at radius 3 is 2.89 bits per heavy atom. The normalized spacial score (nSPS) is 13.7. The first-order valence-corrected chi connectivity index (χ1v) is 10.2. The Bertz CT molecular complexity index is 815. The topological polar surface area (TPSA) is 56.8 Å². The molecule has 0 saturated carbocycles. The van der Waals surface area contributed by atoms with Gasteiger partial charge >= 0.3 is 0 Å². The molecule has 1 aliphatic heterocycles. The summed E-state index contributed by atoms with van der Waals surface area (Å²) in [4.78, 5) is 12.3. The number of para-hydroxylation sites is 1. The summed E-state index contributed by atoms with van der Waals surface area (Å²) in [7, 11) is 1.63. The highest BCUT2D eigenvalue weighted by Crippen LogP contribution is 2.39. The largest absolute Gasteiger partial charge is 0.496 e. The van der Waals surface area contributed by atoms with E-state index in [1.54, 1.807) is 7.11 Å². The number of amides is 1. The van der Waals surface area contributed by atoms with E-state index >= 15 is 0 Å². The van der Waals surface area contributed by atoms with Crippen molar-refractivity contribution in [3.8, 4) is 17.2 Å². The SMILES string of the molecule is COc1ccccc1[C@H](C)NC(=O)CSCc1cc(Cl)c2c(c1)OCCO2. The lowest BCUT2D eigenvalue weighted by Gasteiger charge is -2.20. The summed E-state index contributed by atoms with van der Waals surface area (Å²) in [6, 6.07) is 11.3. The Morgan fingerprint density at radius 2 is 2.07 bits per heavy atom. The number of carbonyl (C=O) groups is 1. The van der Waals surface area contributed by atoms with Gasteiger partial charge in [-0.05, 0) is 30.7 Å². The number of rotatable bonds is 7. The van der Waals surface area contributed by atoms with Gasteiger partial charge in [-0.15, -0.1) is 11.8 Å². The third kappa shape index (κ3) is 5.02. The summed E-state index contributed by atoms with van der Waals surface area (Å²) in [6.45, 7) is 2.97. The van der Waals surface area contributed by atoms with Gasteiger partial charge in [-0.1, -0.05) is 29.8 Å². The zero-order chi connectivity index (χ0) is 19.2. The lowest BCUT2D eigenvalue weighted by atomic mass is 10.1.